The first-order valence-electron chi connectivity index (χ1n) is 10.7. The van der Waals surface area contributed by atoms with Crippen molar-refractivity contribution >= 4 is 28.4 Å². The number of carbonyl (C=O) groups is 1. The molecule has 1 N–H and O–H groups in total. The Balaban J connectivity index is 1.51. The molecule has 0 atom stereocenters. The number of ether oxygens (including phenoxy) is 1. The molecule has 1 aliphatic heterocycles. The number of hydrogen-bond donors (Lipinski definition) is 1. The van der Waals surface area contributed by atoms with E-state index in [-0.39, 0.29) is 17.1 Å². The fourth-order valence-electron chi connectivity index (χ4n) is 3.86. The highest BCUT2D eigenvalue weighted by Crippen LogP contribution is 2.27. The smallest absolute Gasteiger partial charge is 0.322 e. The molecule has 0 bridgehead atoms. The van der Waals surface area contributed by atoms with Gasteiger partial charge in [0.2, 0.25) is 0 Å². The van der Waals surface area contributed by atoms with Crippen molar-refractivity contribution in [3.05, 3.63) is 59.7 Å². The lowest BCUT2D eigenvalue weighted by molar-refractivity contribution is 0.215. The molecule has 2 amide bonds. The van der Waals surface area contributed by atoms with E-state index in [4.69, 9.17) is 4.74 Å². The number of aromatic nitrogens is 1. The maximum absolute atomic E-state index is 13.7. The second kappa shape index (κ2) is 9.69. The van der Waals surface area contributed by atoms with Gasteiger partial charge in [-0.05, 0) is 37.6 Å². The summed E-state index contributed by atoms with van der Waals surface area (Å²) >= 11 is 0. The van der Waals surface area contributed by atoms with Gasteiger partial charge in [0, 0.05) is 37.6 Å². The molecule has 0 spiro atoms. The van der Waals surface area contributed by atoms with Gasteiger partial charge in [0.1, 0.15) is 17.6 Å². The number of para-hydroxylation sites is 2. The summed E-state index contributed by atoms with van der Waals surface area (Å²) in [6.07, 6.45) is 0.656. The van der Waals surface area contributed by atoms with Gasteiger partial charge in [-0.2, -0.15) is 5.26 Å². The molecule has 0 radical (unpaired) electrons. The number of hydrogen-bond acceptors (Lipinski definition) is 5. The maximum Gasteiger partial charge on any atom is 0.322 e. The quantitative estimate of drug-likeness (QED) is 0.631. The SMILES string of the molecule is CCOc1ccccc1NC(=O)N1CCCN(c2nc3cc(F)c(F)cc3cc2C#N)CC1. The summed E-state index contributed by atoms with van der Waals surface area (Å²) in [5.74, 6) is -0.965. The Labute approximate surface area is 190 Å². The van der Waals surface area contributed by atoms with Crippen LogP contribution in [0.1, 0.15) is 18.9 Å². The number of anilines is 2. The molecule has 7 nitrogen and oxygen atoms in total. The Kier molecular flexibility index (Phi) is 6.54. The first kappa shape index (κ1) is 22.3. The van der Waals surface area contributed by atoms with Crippen LogP contribution in [0.5, 0.6) is 5.75 Å². The lowest BCUT2D eigenvalue weighted by Crippen LogP contribution is -2.38. The van der Waals surface area contributed by atoms with Crippen molar-refractivity contribution in [2.75, 3.05) is 43.0 Å². The van der Waals surface area contributed by atoms with Crippen LogP contribution in [-0.2, 0) is 0 Å². The second-order valence-electron chi connectivity index (χ2n) is 7.62. The Bertz CT molecular complexity index is 1230. The molecule has 9 heteroatoms. The molecular formula is C24H23F2N5O2. The van der Waals surface area contributed by atoms with E-state index in [9.17, 15) is 18.8 Å². The van der Waals surface area contributed by atoms with Crippen molar-refractivity contribution in [3.8, 4) is 11.8 Å². The van der Waals surface area contributed by atoms with Crippen LogP contribution in [0.4, 0.5) is 25.1 Å². The first-order chi connectivity index (χ1) is 16.0. The third-order valence-electron chi connectivity index (χ3n) is 5.47. The monoisotopic (exact) mass is 451 g/mol. The molecule has 4 rings (SSSR count). The fraction of sp³-hybridized carbons (Fsp3) is 0.292. The van der Waals surface area contributed by atoms with Crippen LogP contribution in [0.2, 0.25) is 0 Å². The summed E-state index contributed by atoms with van der Waals surface area (Å²) in [6, 6.07) is 12.7. The highest BCUT2D eigenvalue weighted by Gasteiger charge is 2.23. The fourth-order valence-corrected chi connectivity index (χ4v) is 3.86. The molecule has 0 unspecified atom stereocenters. The number of pyridine rings is 1. The van der Waals surface area contributed by atoms with Gasteiger partial charge in [0.15, 0.2) is 11.6 Å². The second-order valence-corrected chi connectivity index (χ2v) is 7.62. The largest absolute Gasteiger partial charge is 0.492 e. The molecule has 3 aromatic rings. The summed E-state index contributed by atoms with van der Waals surface area (Å²) in [6.45, 7) is 4.30. The molecule has 2 heterocycles. The van der Waals surface area contributed by atoms with E-state index in [1.807, 2.05) is 24.0 Å². The minimum atomic E-state index is -0.989. The van der Waals surface area contributed by atoms with Crippen LogP contribution in [0.25, 0.3) is 10.9 Å². The number of fused-ring (bicyclic) bond motifs is 1. The van der Waals surface area contributed by atoms with Crippen LogP contribution < -0.4 is 15.0 Å². The molecule has 1 saturated heterocycles. The number of halogens is 2. The molecule has 0 aliphatic carbocycles. The van der Waals surface area contributed by atoms with Gasteiger partial charge in [0.25, 0.3) is 0 Å². The molecule has 1 aliphatic rings. The van der Waals surface area contributed by atoms with E-state index in [2.05, 4.69) is 16.4 Å². The minimum Gasteiger partial charge on any atom is -0.492 e. The van der Waals surface area contributed by atoms with Crippen molar-refractivity contribution < 1.29 is 18.3 Å². The summed E-state index contributed by atoms with van der Waals surface area (Å²) in [5, 5.41) is 12.9. The molecule has 33 heavy (non-hydrogen) atoms. The Morgan fingerprint density at radius 2 is 1.94 bits per heavy atom. The molecule has 170 valence electrons. The van der Waals surface area contributed by atoms with Gasteiger partial charge in [-0.25, -0.2) is 18.6 Å². The molecular weight excluding hydrogens is 428 g/mol. The molecule has 1 aromatic heterocycles. The zero-order valence-corrected chi connectivity index (χ0v) is 18.1. The van der Waals surface area contributed by atoms with E-state index < -0.39 is 11.6 Å². The van der Waals surface area contributed by atoms with Crippen molar-refractivity contribution in [3.63, 3.8) is 0 Å². The number of nitriles is 1. The van der Waals surface area contributed by atoms with E-state index in [1.54, 1.807) is 17.0 Å². The Morgan fingerprint density at radius 1 is 1.15 bits per heavy atom. The minimum absolute atomic E-state index is 0.242. The molecule has 2 aromatic carbocycles. The lowest BCUT2D eigenvalue weighted by atomic mass is 10.1. The number of carbonyl (C=O) groups excluding carboxylic acids is 1. The number of benzene rings is 2. The van der Waals surface area contributed by atoms with E-state index >= 15 is 0 Å². The highest BCUT2D eigenvalue weighted by atomic mass is 19.2. The number of amides is 2. The third kappa shape index (κ3) is 4.80. The van der Waals surface area contributed by atoms with Gasteiger partial charge in [-0.15, -0.1) is 0 Å². The number of rotatable bonds is 4. The van der Waals surface area contributed by atoms with Crippen LogP contribution in [0, 0.1) is 23.0 Å². The summed E-state index contributed by atoms with van der Waals surface area (Å²) < 4.78 is 32.9. The zero-order valence-electron chi connectivity index (χ0n) is 18.1. The van der Waals surface area contributed by atoms with Crippen LogP contribution in [-0.4, -0.2) is 48.7 Å². The maximum atomic E-state index is 13.7. The average Bonchev–Trinajstić information content (AvgIpc) is 3.07. The van der Waals surface area contributed by atoms with Gasteiger partial charge < -0.3 is 19.9 Å². The van der Waals surface area contributed by atoms with Gasteiger partial charge >= 0.3 is 6.03 Å². The normalized spacial score (nSPS) is 14.0. The molecule has 1 fully saturated rings. The van der Waals surface area contributed by atoms with Crippen molar-refractivity contribution in [2.24, 2.45) is 0 Å². The topological polar surface area (TPSA) is 81.5 Å². The van der Waals surface area contributed by atoms with Crippen molar-refractivity contribution in [1.82, 2.24) is 9.88 Å². The van der Waals surface area contributed by atoms with E-state index in [0.717, 1.165) is 12.1 Å². The van der Waals surface area contributed by atoms with Crippen molar-refractivity contribution in [1.29, 1.82) is 5.26 Å². The zero-order chi connectivity index (χ0) is 23.4. The van der Waals surface area contributed by atoms with Gasteiger partial charge in [-0.1, -0.05) is 12.1 Å². The number of nitrogens with zero attached hydrogens (tertiary/aromatic N) is 4. The summed E-state index contributed by atoms with van der Waals surface area (Å²) in [4.78, 5) is 20.9. The van der Waals surface area contributed by atoms with Gasteiger partial charge in [-0.3, -0.25) is 0 Å². The number of nitrogens with one attached hydrogen (secondary N) is 1. The standard InChI is InChI=1S/C24H23F2N5O2/c1-2-33-22-7-4-3-6-20(22)29-24(32)31-9-5-8-30(10-11-31)23-17(15-27)12-16-13-18(25)19(26)14-21(16)28-23/h3-4,6-7,12-14H,2,5,8-11H2,1H3,(H,29,32). The third-order valence-corrected chi connectivity index (χ3v) is 5.47. The van der Waals surface area contributed by atoms with Crippen molar-refractivity contribution in [2.45, 2.75) is 13.3 Å². The summed E-state index contributed by atoms with van der Waals surface area (Å²) in [7, 11) is 0. The average molecular weight is 451 g/mol. The first-order valence-corrected chi connectivity index (χ1v) is 10.7. The Morgan fingerprint density at radius 3 is 2.73 bits per heavy atom. The summed E-state index contributed by atoms with van der Waals surface area (Å²) in [5.41, 5.74) is 1.15. The van der Waals surface area contributed by atoms with Gasteiger partial charge in [0.05, 0.1) is 23.4 Å². The predicted molar refractivity (Wildman–Crippen MR) is 121 cm³/mol. The number of urea groups is 1. The lowest BCUT2D eigenvalue weighted by Gasteiger charge is -2.24. The van der Waals surface area contributed by atoms with Crippen LogP contribution >= 0.6 is 0 Å². The van der Waals surface area contributed by atoms with E-state index in [0.29, 0.717) is 61.8 Å². The Hall–Kier alpha value is -3.93. The molecule has 0 saturated carbocycles. The van der Waals surface area contributed by atoms with Crippen LogP contribution in [0.3, 0.4) is 0 Å². The highest BCUT2D eigenvalue weighted by molar-refractivity contribution is 5.91. The van der Waals surface area contributed by atoms with E-state index in [1.165, 1.54) is 6.07 Å². The predicted octanol–water partition coefficient (Wildman–Crippen LogP) is 4.53. The van der Waals surface area contributed by atoms with Crippen LogP contribution in [0.15, 0.2) is 42.5 Å².